The summed E-state index contributed by atoms with van der Waals surface area (Å²) in [4.78, 5) is 11.6. The molecule has 0 aliphatic heterocycles. The van der Waals surface area contributed by atoms with Crippen molar-refractivity contribution in [1.29, 1.82) is 5.26 Å². The zero-order valence-corrected chi connectivity index (χ0v) is 16.9. The fraction of sp³-hybridized carbons (Fsp3) is 0. The monoisotopic (exact) mass is 406 g/mol. The van der Waals surface area contributed by atoms with Crippen molar-refractivity contribution < 1.29 is 0 Å². The topological polar surface area (TPSA) is 53.9 Å². The summed E-state index contributed by atoms with van der Waals surface area (Å²) in [7, 11) is 0. The second-order valence-electron chi connectivity index (χ2n) is 7.78. The Kier molecular flexibility index (Phi) is 3.87. The number of nitrogens with zero attached hydrogens (tertiary/aromatic N) is 4. The van der Waals surface area contributed by atoms with E-state index in [-0.39, 0.29) is 0 Å². The maximum atomic E-state index is 9.20. The van der Waals surface area contributed by atoms with Crippen LogP contribution in [0.2, 0.25) is 0 Å². The third-order valence-electron chi connectivity index (χ3n) is 5.93. The molecular weight excluding hydrogens is 392 g/mol. The summed E-state index contributed by atoms with van der Waals surface area (Å²) in [6.07, 6.45) is 3.36. The van der Waals surface area contributed by atoms with Crippen LogP contribution in [-0.2, 0) is 0 Å². The van der Waals surface area contributed by atoms with E-state index in [1.165, 1.54) is 21.5 Å². The Labute approximate surface area is 184 Å². The lowest BCUT2D eigenvalue weighted by Gasteiger charge is -2.14. The highest BCUT2D eigenvalue weighted by molar-refractivity contribution is 6.24. The summed E-state index contributed by atoms with van der Waals surface area (Å²) in [5.41, 5.74) is 4.53. The molecule has 4 heteroatoms. The SMILES string of the molecule is [C-]#[N+]c1cc(-c2cc3ccc4cc(-c5ccnc(C#N)c5)cc5ccc(c2)c3c45)ccn1. The summed E-state index contributed by atoms with van der Waals surface area (Å²) in [6, 6.07) is 27.0. The van der Waals surface area contributed by atoms with E-state index in [0.29, 0.717) is 11.5 Å². The van der Waals surface area contributed by atoms with E-state index in [4.69, 9.17) is 6.57 Å². The van der Waals surface area contributed by atoms with Crippen LogP contribution in [0, 0.1) is 17.9 Å². The Morgan fingerprint density at radius 2 is 1.12 bits per heavy atom. The molecule has 0 aliphatic rings. The first-order valence-electron chi connectivity index (χ1n) is 10.2. The zero-order chi connectivity index (χ0) is 21.7. The largest absolute Gasteiger partial charge is 0.361 e. The molecule has 32 heavy (non-hydrogen) atoms. The molecule has 0 N–H and O–H groups in total. The minimum atomic E-state index is 0.399. The van der Waals surface area contributed by atoms with Gasteiger partial charge >= 0.3 is 0 Å². The number of nitriles is 1. The van der Waals surface area contributed by atoms with E-state index in [1.54, 1.807) is 12.4 Å². The van der Waals surface area contributed by atoms with Crippen molar-refractivity contribution in [2.75, 3.05) is 0 Å². The molecule has 0 saturated heterocycles. The van der Waals surface area contributed by atoms with Crippen molar-refractivity contribution in [2.24, 2.45) is 0 Å². The van der Waals surface area contributed by atoms with Crippen molar-refractivity contribution in [3.63, 3.8) is 0 Å². The molecule has 2 heterocycles. The zero-order valence-electron chi connectivity index (χ0n) is 16.9. The number of hydrogen-bond acceptors (Lipinski definition) is 3. The molecule has 0 saturated carbocycles. The Morgan fingerprint density at radius 3 is 1.62 bits per heavy atom. The van der Waals surface area contributed by atoms with E-state index in [2.05, 4.69) is 69.4 Å². The second-order valence-corrected chi connectivity index (χ2v) is 7.78. The number of aromatic nitrogens is 2. The van der Waals surface area contributed by atoms with E-state index >= 15 is 0 Å². The smallest absolute Gasteiger partial charge is 0.270 e. The first-order chi connectivity index (χ1) is 15.7. The fourth-order valence-electron chi connectivity index (χ4n) is 4.50. The van der Waals surface area contributed by atoms with E-state index in [1.807, 2.05) is 24.3 Å². The van der Waals surface area contributed by atoms with Crippen LogP contribution in [0.1, 0.15) is 5.69 Å². The average Bonchev–Trinajstić information content (AvgIpc) is 2.86. The van der Waals surface area contributed by atoms with Crippen molar-refractivity contribution in [3.05, 3.63) is 102 Å². The number of hydrogen-bond donors (Lipinski definition) is 0. The average molecular weight is 406 g/mol. The predicted molar refractivity (Wildman–Crippen MR) is 128 cm³/mol. The molecule has 4 aromatic carbocycles. The quantitative estimate of drug-likeness (QED) is 0.227. The highest BCUT2D eigenvalue weighted by Gasteiger charge is 2.12. The van der Waals surface area contributed by atoms with Gasteiger partial charge in [0.15, 0.2) is 0 Å². The van der Waals surface area contributed by atoms with Gasteiger partial charge in [0.25, 0.3) is 5.82 Å². The van der Waals surface area contributed by atoms with Gasteiger partial charge in [-0.3, -0.25) is 0 Å². The first-order valence-corrected chi connectivity index (χ1v) is 10.2. The molecule has 4 nitrogen and oxygen atoms in total. The lowest BCUT2D eigenvalue weighted by molar-refractivity contribution is 1.27. The van der Waals surface area contributed by atoms with Gasteiger partial charge < -0.3 is 4.85 Å². The molecule has 0 atom stereocenters. The molecule has 6 rings (SSSR count). The summed E-state index contributed by atoms with van der Waals surface area (Å²) >= 11 is 0. The number of pyridine rings is 2. The molecule has 146 valence electrons. The molecule has 0 radical (unpaired) electrons. The van der Waals surface area contributed by atoms with Gasteiger partial charge in [-0.1, -0.05) is 30.8 Å². The van der Waals surface area contributed by atoms with Crippen molar-refractivity contribution in [1.82, 2.24) is 9.97 Å². The number of benzene rings is 4. The van der Waals surface area contributed by atoms with Crippen LogP contribution >= 0.6 is 0 Å². The Balaban J connectivity index is 1.59. The molecule has 6 aromatic rings. The molecule has 0 bridgehead atoms. The van der Waals surface area contributed by atoms with Crippen molar-refractivity contribution in [2.45, 2.75) is 0 Å². The Bertz CT molecular complexity index is 1560. The van der Waals surface area contributed by atoms with Gasteiger partial charge in [-0.25, -0.2) is 4.98 Å². The summed E-state index contributed by atoms with van der Waals surface area (Å²) < 4.78 is 0. The van der Waals surface area contributed by atoms with Crippen molar-refractivity contribution >= 4 is 38.1 Å². The van der Waals surface area contributed by atoms with Gasteiger partial charge in [0, 0.05) is 6.20 Å². The molecule has 0 amide bonds. The minimum absolute atomic E-state index is 0.399. The number of rotatable bonds is 2. The van der Waals surface area contributed by atoms with Crippen molar-refractivity contribution in [3.8, 4) is 28.3 Å². The fourth-order valence-corrected chi connectivity index (χ4v) is 4.50. The summed E-state index contributed by atoms with van der Waals surface area (Å²) in [5.74, 6) is 0.399. The standard InChI is InChI=1S/C28H14N4/c1-30-26-15-18(7-9-32-26)24-12-21-4-2-19-10-23(17-6-8-31-25(14-17)16-29)11-20-3-5-22(13-24)28(21)27(19)20/h2-15H. The third-order valence-corrected chi connectivity index (χ3v) is 5.93. The van der Waals surface area contributed by atoms with Crippen LogP contribution in [0.5, 0.6) is 0 Å². The summed E-state index contributed by atoms with van der Waals surface area (Å²) in [5, 5.41) is 16.3. The van der Waals surface area contributed by atoms with Gasteiger partial charge in [-0.15, -0.1) is 4.98 Å². The van der Waals surface area contributed by atoms with E-state index in [0.717, 1.165) is 33.0 Å². The molecule has 0 aliphatic carbocycles. The Hall–Kier alpha value is -4.80. The van der Waals surface area contributed by atoms with Gasteiger partial charge in [-0.05, 0) is 103 Å². The van der Waals surface area contributed by atoms with Crippen LogP contribution in [0.4, 0.5) is 5.82 Å². The van der Waals surface area contributed by atoms with Gasteiger partial charge in [-0.2, -0.15) is 5.26 Å². The first kappa shape index (κ1) is 18.0. The maximum Gasteiger partial charge on any atom is 0.270 e. The van der Waals surface area contributed by atoms with Gasteiger partial charge in [0.05, 0.1) is 0 Å². The third kappa shape index (κ3) is 2.75. The highest BCUT2D eigenvalue weighted by Crippen LogP contribution is 2.39. The lowest BCUT2D eigenvalue weighted by Crippen LogP contribution is -1.89. The maximum absolute atomic E-state index is 9.20. The molecule has 0 fully saturated rings. The second kappa shape index (κ2) is 6.87. The van der Waals surface area contributed by atoms with E-state index < -0.39 is 0 Å². The normalized spacial score (nSPS) is 11.1. The lowest BCUT2D eigenvalue weighted by atomic mass is 9.89. The van der Waals surface area contributed by atoms with Gasteiger partial charge in [0.1, 0.15) is 18.0 Å². The van der Waals surface area contributed by atoms with Crippen LogP contribution < -0.4 is 0 Å². The molecule has 2 aromatic heterocycles. The molecule has 0 spiro atoms. The van der Waals surface area contributed by atoms with Crippen LogP contribution in [0.3, 0.4) is 0 Å². The van der Waals surface area contributed by atoms with Gasteiger partial charge in [0.2, 0.25) is 0 Å². The minimum Gasteiger partial charge on any atom is -0.361 e. The molecular formula is C28H14N4. The predicted octanol–water partition coefficient (Wildman–Crippen LogP) is 7.13. The highest BCUT2D eigenvalue weighted by atomic mass is 14.8. The van der Waals surface area contributed by atoms with Crippen LogP contribution in [0.15, 0.2) is 85.2 Å². The summed E-state index contributed by atoms with van der Waals surface area (Å²) in [6.45, 7) is 7.24. The molecule has 0 unspecified atom stereocenters. The van der Waals surface area contributed by atoms with Crippen LogP contribution in [-0.4, -0.2) is 9.97 Å². The Morgan fingerprint density at radius 1 is 0.625 bits per heavy atom. The van der Waals surface area contributed by atoms with Crippen LogP contribution in [0.25, 0.3) is 59.4 Å². The van der Waals surface area contributed by atoms with E-state index in [9.17, 15) is 5.26 Å².